The normalized spacial score (nSPS) is 21.8. The molecule has 1 aliphatic carbocycles. The fourth-order valence-electron chi connectivity index (χ4n) is 3.18. The SMILES string of the molecule is CC(=O)C1(COCCNC(=O)CCN2C(=O)CC(C(C)(C)C)C2=O)CC1. The summed E-state index contributed by atoms with van der Waals surface area (Å²) in [6, 6.07) is 0. The van der Waals surface area contributed by atoms with Crippen molar-refractivity contribution in [3.63, 3.8) is 0 Å². The van der Waals surface area contributed by atoms with Crippen LogP contribution >= 0.6 is 0 Å². The van der Waals surface area contributed by atoms with Gasteiger partial charge in [0.1, 0.15) is 5.78 Å². The van der Waals surface area contributed by atoms with Crippen LogP contribution in [0.25, 0.3) is 0 Å². The number of Topliss-reactive ketones (excluding diaryl/α,β-unsaturated/α-hetero) is 1. The summed E-state index contributed by atoms with van der Waals surface area (Å²) < 4.78 is 5.48. The lowest BCUT2D eigenvalue weighted by Crippen LogP contribution is -2.37. The Morgan fingerprint density at radius 2 is 1.92 bits per heavy atom. The Bertz CT molecular complexity index is 589. The molecule has 146 valence electrons. The second-order valence-corrected chi connectivity index (χ2v) is 8.50. The average molecular weight is 366 g/mol. The highest BCUT2D eigenvalue weighted by molar-refractivity contribution is 6.04. The lowest BCUT2D eigenvalue weighted by molar-refractivity contribution is -0.140. The van der Waals surface area contributed by atoms with Gasteiger partial charge in [0.2, 0.25) is 17.7 Å². The van der Waals surface area contributed by atoms with Crippen LogP contribution in [0.5, 0.6) is 0 Å². The van der Waals surface area contributed by atoms with E-state index in [1.165, 1.54) is 4.90 Å². The first-order valence-corrected chi connectivity index (χ1v) is 9.26. The van der Waals surface area contributed by atoms with Crippen molar-refractivity contribution in [2.75, 3.05) is 26.3 Å². The Hall–Kier alpha value is -1.76. The number of likely N-dealkylation sites (tertiary alicyclic amines) is 1. The van der Waals surface area contributed by atoms with Gasteiger partial charge in [-0.2, -0.15) is 0 Å². The van der Waals surface area contributed by atoms with Crippen LogP contribution in [0.3, 0.4) is 0 Å². The van der Waals surface area contributed by atoms with Crippen molar-refractivity contribution in [3.05, 3.63) is 0 Å². The van der Waals surface area contributed by atoms with E-state index in [4.69, 9.17) is 4.74 Å². The number of carbonyl (C=O) groups is 4. The molecule has 3 amide bonds. The summed E-state index contributed by atoms with van der Waals surface area (Å²) in [5, 5.41) is 2.72. The zero-order valence-electron chi connectivity index (χ0n) is 16.2. The van der Waals surface area contributed by atoms with Crippen LogP contribution in [0, 0.1) is 16.7 Å². The van der Waals surface area contributed by atoms with Crippen LogP contribution in [0.4, 0.5) is 0 Å². The Morgan fingerprint density at radius 3 is 2.42 bits per heavy atom. The van der Waals surface area contributed by atoms with Crippen molar-refractivity contribution < 1.29 is 23.9 Å². The quantitative estimate of drug-likeness (QED) is 0.490. The maximum Gasteiger partial charge on any atom is 0.233 e. The number of imide groups is 1. The highest BCUT2D eigenvalue weighted by atomic mass is 16.5. The molecule has 1 saturated carbocycles. The van der Waals surface area contributed by atoms with Gasteiger partial charge >= 0.3 is 0 Å². The molecule has 1 heterocycles. The fourth-order valence-corrected chi connectivity index (χ4v) is 3.18. The standard InChI is InChI=1S/C19H30N2O5/c1-13(22)19(6-7-19)12-26-10-8-20-15(23)5-9-21-16(24)11-14(17(21)25)18(2,3)4/h14H,5-12H2,1-4H3,(H,20,23). The minimum absolute atomic E-state index is 0.0890. The van der Waals surface area contributed by atoms with E-state index in [2.05, 4.69) is 5.32 Å². The number of ether oxygens (including phenoxy) is 1. The molecule has 1 unspecified atom stereocenters. The topological polar surface area (TPSA) is 92.8 Å². The first-order chi connectivity index (χ1) is 12.1. The van der Waals surface area contributed by atoms with Crippen molar-refractivity contribution in [3.8, 4) is 0 Å². The zero-order chi connectivity index (χ0) is 19.5. The van der Waals surface area contributed by atoms with E-state index in [-0.39, 0.29) is 59.6 Å². The molecule has 0 bridgehead atoms. The predicted molar refractivity (Wildman–Crippen MR) is 95.1 cm³/mol. The van der Waals surface area contributed by atoms with Gasteiger partial charge in [-0.1, -0.05) is 20.8 Å². The van der Waals surface area contributed by atoms with Gasteiger partial charge in [0, 0.05) is 25.9 Å². The lowest BCUT2D eigenvalue weighted by atomic mass is 9.80. The molecule has 0 radical (unpaired) electrons. The molecule has 1 aliphatic heterocycles. The monoisotopic (exact) mass is 366 g/mol. The van der Waals surface area contributed by atoms with Crippen LogP contribution in [0.15, 0.2) is 0 Å². The molecule has 0 aromatic heterocycles. The summed E-state index contributed by atoms with van der Waals surface area (Å²) in [7, 11) is 0. The third kappa shape index (κ3) is 4.90. The highest BCUT2D eigenvalue weighted by Gasteiger charge is 2.47. The average Bonchev–Trinajstić information content (AvgIpc) is 3.26. The molecule has 26 heavy (non-hydrogen) atoms. The number of hydrogen-bond acceptors (Lipinski definition) is 5. The van der Waals surface area contributed by atoms with Crippen LogP contribution in [-0.4, -0.2) is 54.7 Å². The third-order valence-corrected chi connectivity index (χ3v) is 5.40. The maximum atomic E-state index is 12.4. The van der Waals surface area contributed by atoms with Crippen LogP contribution in [-0.2, 0) is 23.9 Å². The van der Waals surface area contributed by atoms with Crippen LogP contribution < -0.4 is 5.32 Å². The number of rotatable bonds is 9. The van der Waals surface area contributed by atoms with E-state index in [1.807, 2.05) is 20.8 Å². The molecule has 0 aromatic rings. The van der Waals surface area contributed by atoms with Gasteiger partial charge in [-0.25, -0.2) is 0 Å². The van der Waals surface area contributed by atoms with Gasteiger partial charge in [0.25, 0.3) is 0 Å². The van der Waals surface area contributed by atoms with Crippen molar-refractivity contribution in [1.82, 2.24) is 10.2 Å². The second-order valence-electron chi connectivity index (χ2n) is 8.50. The van der Waals surface area contributed by atoms with Crippen LogP contribution in [0.2, 0.25) is 0 Å². The number of nitrogens with zero attached hydrogens (tertiary/aromatic N) is 1. The summed E-state index contributed by atoms with van der Waals surface area (Å²) in [6.07, 6.45) is 2.06. The molecule has 7 heteroatoms. The van der Waals surface area contributed by atoms with Gasteiger partial charge in [-0.05, 0) is 25.2 Å². The number of carbonyl (C=O) groups excluding carboxylic acids is 4. The smallest absolute Gasteiger partial charge is 0.233 e. The Balaban J connectivity index is 1.64. The molecule has 2 aliphatic rings. The van der Waals surface area contributed by atoms with E-state index in [0.717, 1.165) is 12.8 Å². The molecular formula is C19H30N2O5. The molecule has 1 atom stereocenters. The van der Waals surface area contributed by atoms with Gasteiger partial charge in [0.15, 0.2) is 0 Å². The third-order valence-electron chi connectivity index (χ3n) is 5.40. The minimum atomic E-state index is -0.317. The summed E-state index contributed by atoms with van der Waals surface area (Å²) in [4.78, 5) is 48.9. The number of ketones is 1. The highest BCUT2D eigenvalue weighted by Crippen LogP contribution is 2.46. The summed E-state index contributed by atoms with van der Waals surface area (Å²) >= 11 is 0. The molecule has 7 nitrogen and oxygen atoms in total. The van der Waals surface area contributed by atoms with Crippen molar-refractivity contribution in [2.45, 2.75) is 53.4 Å². The van der Waals surface area contributed by atoms with E-state index in [1.54, 1.807) is 6.92 Å². The first kappa shape index (κ1) is 20.6. The van der Waals surface area contributed by atoms with E-state index >= 15 is 0 Å². The van der Waals surface area contributed by atoms with Crippen molar-refractivity contribution in [2.24, 2.45) is 16.7 Å². The summed E-state index contributed by atoms with van der Waals surface area (Å²) in [5.41, 5.74) is -0.552. The Labute approximate surface area is 154 Å². The van der Waals surface area contributed by atoms with Gasteiger partial charge in [-0.15, -0.1) is 0 Å². The van der Waals surface area contributed by atoms with Crippen molar-refractivity contribution in [1.29, 1.82) is 0 Å². The Kier molecular flexibility index (Phi) is 6.21. The number of amides is 3. The molecule has 2 rings (SSSR count). The maximum absolute atomic E-state index is 12.4. The molecule has 1 saturated heterocycles. The largest absolute Gasteiger partial charge is 0.379 e. The van der Waals surface area contributed by atoms with Crippen LogP contribution in [0.1, 0.15) is 53.4 Å². The fraction of sp³-hybridized carbons (Fsp3) is 0.789. The molecule has 1 N–H and O–H groups in total. The first-order valence-electron chi connectivity index (χ1n) is 9.26. The molecule has 2 fully saturated rings. The Morgan fingerprint density at radius 1 is 1.27 bits per heavy atom. The van der Waals surface area contributed by atoms with Gasteiger partial charge in [-0.3, -0.25) is 24.1 Å². The number of nitrogens with one attached hydrogen (secondary N) is 1. The van der Waals surface area contributed by atoms with Gasteiger partial charge < -0.3 is 10.1 Å². The van der Waals surface area contributed by atoms with E-state index in [0.29, 0.717) is 19.8 Å². The molecule has 0 spiro atoms. The zero-order valence-corrected chi connectivity index (χ0v) is 16.2. The second kappa shape index (κ2) is 7.86. The summed E-state index contributed by atoms with van der Waals surface area (Å²) in [6.45, 7) is 8.62. The number of hydrogen-bond donors (Lipinski definition) is 1. The van der Waals surface area contributed by atoms with Crippen molar-refractivity contribution >= 4 is 23.5 Å². The molecule has 0 aromatic carbocycles. The minimum Gasteiger partial charge on any atom is -0.379 e. The molecular weight excluding hydrogens is 336 g/mol. The van der Waals surface area contributed by atoms with E-state index in [9.17, 15) is 19.2 Å². The lowest BCUT2D eigenvalue weighted by Gasteiger charge is -2.24. The van der Waals surface area contributed by atoms with Gasteiger partial charge in [0.05, 0.1) is 24.5 Å². The van der Waals surface area contributed by atoms with E-state index < -0.39 is 0 Å². The summed E-state index contributed by atoms with van der Waals surface area (Å²) in [5.74, 6) is -0.763. The predicted octanol–water partition coefficient (Wildman–Crippen LogP) is 1.30.